The third kappa shape index (κ3) is 19.2. The van der Waals surface area contributed by atoms with Gasteiger partial charge in [-0.25, -0.2) is 0 Å². The molecule has 0 amide bonds. The molecule has 0 bridgehead atoms. The second kappa shape index (κ2) is 23.2. The molecule has 1 N–H and O–H groups in total. The van der Waals surface area contributed by atoms with Crippen LogP contribution < -0.4 is 5.32 Å². The van der Waals surface area contributed by atoms with Gasteiger partial charge in [0.25, 0.3) is 0 Å². The number of hydrogen-bond donors (Lipinski definition) is 1. The van der Waals surface area contributed by atoms with Crippen molar-refractivity contribution in [1.82, 2.24) is 10.2 Å². The van der Waals surface area contributed by atoms with Crippen molar-refractivity contribution in [2.45, 2.75) is 148 Å². The summed E-state index contributed by atoms with van der Waals surface area (Å²) in [6.45, 7) is 5.84. The summed E-state index contributed by atoms with van der Waals surface area (Å²) in [7, 11) is 4.44. The standard InChI is InChI=1S/C26H56N2/c1-5-7-9-11-13-15-17-19-21-23-25-28(4)26(27-3)24-22-20-18-16-14-12-10-8-6-2/h26-27H,5-25H2,1-4H3. The topological polar surface area (TPSA) is 15.3 Å². The lowest BCUT2D eigenvalue weighted by atomic mass is 10.1. The summed E-state index contributed by atoms with van der Waals surface area (Å²) in [5.74, 6) is 0. The fourth-order valence-corrected chi connectivity index (χ4v) is 4.24. The highest BCUT2D eigenvalue weighted by molar-refractivity contribution is 4.65. The fourth-order valence-electron chi connectivity index (χ4n) is 4.24. The van der Waals surface area contributed by atoms with Crippen molar-refractivity contribution in [3.8, 4) is 0 Å². The van der Waals surface area contributed by atoms with Gasteiger partial charge in [-0.1, -0.05) is 129 Å². The Balaban J connectivity index is 3.46. The van der Waals surface area contributed by atoms with Crippen molar-refractivity contribution >= 4 is 0 Å². The zero-order chi connectivity index (χ0) is 20.7. The molecule has 0 aliphatic carbocycles. The summed E-state index contributed by atoms with van der Waals surface area (Å²) in [6.07, 6.45) is 29.0. The zero-order valence-corrected chi connectivity index (χ0v) is 20.4. The van der Waals surface area contributed by atoms with Gasteiger partial charge in [0, 0.05) is 0 Å². The summed E-state index contributed by atoms with van der Waals surface area (Å²) in [4.78, 5) is 2.55. The molecule has 170 valence electrons. The molecule has 28 heavy (non-hydrogen) atoms. The van der Waals surface area contributed by atoms with Crippen LogP contribution in [-0.2, 0) is 0 Å². The Morgan fingerprint density at radius 2 is 0.893 bits per heavy atom. The minimum atomic E-state index is 0.572. The molecule has 0 aromatic carbocycles. The molecule has 1 unspecified atom stereocenters. The van der Waals surface area contributed by atoms with Gasteiger partial charge in [0.1, 0.15) is 0 Å². The SMILES string of the molecule is CCCCCCCCCCCCN(C)C(CCCCCCCCCCC)NC. The zero-order valence-electron chi connectivity index (χ0n) is 20.4. The predicted octanol–water partition coefficient (Wildman–Crippen LogP) is 8.31. The van der Waals surface area contributed by atoms with E-state index in [-0.39, 0.29) is 0 Å². The van der Waals surface area contributed by atoms with Crippen LogP contribution in [0.1, 0.15) is 142 Å². The van der Waals surface area contributed by atoms with Crippen LogP contribution in [0.15, 0.2) is 0 Å². The molecule has 0 aromatic heterocycles. The fraction of sp³-hybridized carbons (Fsp3) is 1.00. The lowest BCUT2D eigenvalue weighted by molar-refractivity contribution is 0.194. The van der Waals surface area contributed by atoms with Crippen molar-refractivity contribution in [1.29, 1.82) is 0 Å². The quantitative estimate of drug-likeness (QED) is 0.138. The molecule has 0 saturated heterocycles. The molecule has 0 heterocycles. The van der Waals surface area contributed by atoms with E-state index in [1.807, 2.05) is 0 Å². The number of hydrogen-bond acceptors (Lipinski definition) is 2. The summed E-state index contributed by atoms with van der Waals surface area (Å²) < 4.78 is 0. The first-order valence-electron chi connectivity index (χ1n) is 13.1. The minimum absolute atomic E-state index is 0.572. The van der Waals surface area contributed by atoms with Gasteiger partial charge < -0.3 is 5.32 Å². The molecule has 1 atom stereocenters. The number of nitrogens with zero attached hydrogens (tertiary/aromatic N) is 1. The van der Waals surface area contributed by atoms with Gasteiger partial charge in [0.05, 0.1) is 6.17 Å². The van der Waals surface area contributed by atoms with Gasteiger partial charge in [0.2, 0.25) is 0 Å². The van der Waals surface area contributed by atoms with E-state index in [4.69, 9.17) is 0 Å². The Labute approximate surface area is 179 Å². The van der Waals surface area contributed by atoms with E-state index in [1.54, 1.807) is 0 Å². The summed E-state index contributed by atoms with van der Waals surface area (Å²) >= 11 is 0. The van der Waals surface area contributed by atoms with Crippen LogP contribution in [0.3, 0.4) is 0 Å². The Morgan fingerprint density at radius 3 is 1.29 bits per heavy atom. The molecule has 0 aromatic rings. The van der Waals surface area contributed by atoms with Gasteiger partial charge >= 0.3 is 0 Å². The lowest BCUT2D eigenvalue weighted by Crippen LogP contribution is -2.42. The van der Waals surface area contributed by atoms with Crippen LogP contribution >= 0.6 is 0 Å². The molecular weight excluding hydrogens is 340 g/mol. The van der Waals surface area contributed by atoms with Crippen LogP contribution in [0.5, 0.6) is 0 Å². The molecule has 2 heteroatoms. The van der Waals surface area contributed by atoms with Gasteiger partial charge in [-0.2, -0.15) is 0 Å². The van der Waals surface area contributed by atoms with Gasteiger partial charge in [-0.15, -0.1) is 0 Å². The second-order valence-electron chi connectivity index (χ2n) is 9.08. The highest BCUT2D eigenvalue weighted by Crippen LogP contribution is 2.14. The Kier molecular flexibility index (Phi) is 23.1. The molecular formula is C26H56N2. The molecule has 0 aliphatic heterocycles. The minimum Gasteiger partial charge on any atom is -0.305 e. The van der Waals surface area contributed by atoms with Crippen LogP contribution in [0, 0.1) is 0 Å². The van der Waals surface area contributed by atoms with E-state index in [0.717, 1.165) is 0 Å². The largest absolute Gasteiger partial charge is 0.305 e. The van der Waals surface area contributed by atoms with Crippen molar-refractivity contribution < 1.29 is 0 Å². The molecule has 0 spiro atoms. The number of unbranched alkanes of at least 4 members (excludes halogenated alkanes) is 17. The first-order chi connectivity index (χ1) is 13.8. The van der Waals surface area contributed by atoms with Crippen molar-refractivity contribution in [3.63, 3.8) is 0 Å². The predicted molar refractivity (Wildman–Crippen MR) is 129 cm³/mol. The lowest BCUT2D eigenvalue weighted by Gasteiger charge is -2.27. The average Bonchev–Trinajstić information content (AvgIpc) is 2.70. The molecule has 2 nitrogen and oxygen atoms in total. The Bertz CT molecular complexity index is 280. The molecule has 0 rings (SSSR count). The van der Waals surface area contributed by atoms with Crippen LogP contribution in [-0.4, -0.2) is 31.7 Å². The monoisotopic (exact) mass is 396 g/mol. The van der Waals surface area contributed by atoms with Crippen molar-refractivity contribution in [2.75, 3.05) is 20.6 Å². The number of rotatable bonds is 23. The van der Waals surface area contributed by atoms with Crippen LogP contribution in [0.2, 0.25) is 0 Å². The smallest absolute Gasteiger partial charge is 0.0592 e. The maximum absolute atomic E-state index is 3.54. The van der Waals surface area contributed by atoms with E-state index in [1.165, 1.54) is 135 Å². The van der Waals surface area contributed by atoms with Crippen molar-refractivity contribution in [2.24, 2.45) is 0 Å². The van der Waals surface area contributed by atoms with Gasteiger partial charge in [-0.3, -0.25) is 4.90 Å². The van der Waals surface area contributed by atoms with Crippen molar-refractivity contribution in [3.05, 3.63) is 0 Å². The normalized spacial score (nSPS) is 12.8. The Morgan fingerprint density at radius 1 is 0.536 bits per heavy atom. The van der Waals surface area contributed by atoms with E-state index in [0.29, 0.717) is 6.17 Å². The van der Waals surface area contributed by atoms with E-state index in [9.17, 15) is 0 Å². The van der Waals surface area contributed by atoms with Crippen LogP contribution in [0.25, 0.3) is 0 Å². The first kappa shape index (κ1) is 27.9. The highest BCUT2D eigenvalue weighted by atomic mass is 15.2. The molecule has 0 fully saturated rings. The third-order valence-corrected chi connectivity index (χ3v) is 6.31. The van der Waals surface area contributed by atoms with E-state index < -0.39 is 0 Å². The average molecular weight is 397 g/mol. The van der Waals surface area contributed by atoms with E-state index in [2.05, 4.69) is 38.2 Å². The highest BCUT2D eigenvalue weighted by Gasteiger charge is 2.11. The molecule has 0 saturated carbocycles. The van der Waals surface area contributed by atoms with Gasteiger partial charge in [0.15, 0.2) is 0 Å². The Hall–Kier alpha value is -0.0800. The number of nitrogens with one attached hydrogen (secondary N) is 1. The third-order valence-electron chi connectivity index (χ3n) is 6.31. The maximum Gasteiger partial charge on any atom is 0.0592 e. The summed E-state index contributed by atoms with van der Waals surface area (Å²) in [6, 6.07) is 0. The summed E-state index contributed by atoms with van der Waals surface area (Å²) in [5, 5.41) is 3.54. The van der Waals surface area contributed by atoms with Gasteiger partial charge in [-0.05, 0) is 33.5 Å². The van der Waals surface area contributed by atoms with E-state index >= 15 is 0 Å². The summed E-state index contributed by atoms with van der Waals surface area (Å²) in [5.41, 5.74) is 0. The van der Waals surface area contributed by atoms with Crippen LogP contribution in [0.4, 0.5) is 0 Å². The second-order valence-corrected chi connectivity index (χ2v) is 9.08. The first-order valence-corrected chi connectivity index (χ1v) is 13.1. The maximum atomic E-state index is 3.54. The molecule has 0 radical (unpaired) electrons. The molecule has 0 aliphatic rings.